The van der Waals surface area contributed by atoms with Crippen LogP contribution in [0.25, 0.3) is 0 Å². The van der Waals surface area contributed by atoms with Gasteiger partial charge in [-0.3, -0.25) is 0 Å². The Morgan fingerprint density at radius 3 is 2.75 bits per heavy atom. The molecule has 0 saturated carbocycles. The van der Waals surface area contributed by atoms with E-state index in [1.807, 2.05) is 13.8 Å². The molecular weight excluding hydrogens is 196 g/mol. The van der Waals surface area contributed by atoms with Crippen molar-refractivity contribution in [1.29, 1.82) is 0 Å². The van der Waals surface area contributed by atoms with E-state index in [9.17, 15) is 5.11 Å². The summed E-state index contributed by atoms with van der Waals surface area (Å²) in [6.07, 6.45) is 10.3. The zero-order valence-electron chi connectivity index (χ0n) is 11.2. The van der Waals surface area contributed by atoms with E-state index in [1.54, 1.807) is 5.57 Å². The van der Waals surface area contributed by atoms with Crippen LogP contribution in [0.4, 0.5) is 0 Å². The normalized spacial score (nSPS) is 23.2. The fourth-order valence-electron chi connectivity index (χ4n) is 2.20. The Bertz CT molecular complexity index is 278. The van der Waals surface area contributed by atoms with Crippen molar-refractivity contribution in [1.82, 2.24) is 0 Å². The van der Waals surface area contributed by atoms with E-state index in [1.165, 1.54) is 24.8 Å². The summed E-state index contributed by atoms with van der Waals surface area (Å²) in [5, 5.41) is 9.64. The van der Waals surface area contributed by atoms with Gasteiger partial charge in [-0.25, -0.2) is 0 Å². The molecule has 16 heavy (non-hydrogen) atoms. The number of rotatable bonds is 4. The lowest BCUT2D eigenvalue weighted by atomic mass is 9.85. The summed E-state index contributed by atoms with van der Waals surface area (Å²) in [4.78, 5) is 0. The molecule has 0 amide bonds. The van der Waals surface area contributed by atoms with Gasteiger partial charge in [-0.15, -0.1) is 0 Å². The average molecular weight is 222 g/mol. The highest BCUT2D eigenvalue weighted by atomic mass is 16.3. The van der Waals surface area contributed by atoms with Crippen LogP contribution < -0.4 is 0 Å². The molecule has 0 aromatic carbocycles. The van der Waals surface area contributed by atoms with Gasteiger partial charge < -0.3 is 5.11 Å². The van der Waals surface area contributed by atoms with Gasteiger partial charge in [0.2, 0.25) is 0 Å². The third kappa shape index (κ3) is 4.98. The lowest BCUT2D eigenvalue weighted by Crippen LogP contribution is -2.17. The Labute approximate surface area is 100 Å². The van der Waals surface area contributed by atoms with Crippen LogP contribution in [-0.2, 0) is 0 Å². The Morgan fingerprint density at radius 1 is 1.56 bits per heavy atom. The molecule has 0 saturated heterocycles. The molecule has 1 heteroatoms. The van der Waals surface area contributed by atoms with Gasteiger partial charge in [0.25, 0.3) is 0 Å². The van der Waals surface area contributed by atoms with Crippen molar-refractivity contribution in [3.05, 3.63) is 23.3 Å². The van der Waals surface area contributed by atoms with E-state index in [2.05, 4.69) is 26.0 Å². The smallest absolute Gasteiger partial charge is 0.0594 e. The van der Waals surface area contributed by atoms with E-state index in [0.29, 0.717) is 0 Å². The summed E-state index contributed by atoms with van der Waals surface area (Å²) in [5.74, 6) is 0.741. The van der Waals surface area contributed by atoms with E-state index in [-0.39, 0.29) is 0 Å². The molecule has 1 aliphatic carbocycles. The minimum atomic E-state index is -0.528. The zero-order valence-corrected chi connectivity index (χ0v) is 11.2. The van der Waals surface area contributed by atoms with Crippen molar-refractivity contribution in [2.24, 2.45) is 5.92 Å². The molecule has 1 N–H and O–H groups in total. The zero-order chi connectivity index (χ0) is 12.2. The second-order valence-corrected chi connectivity index (χ2v) is 5.82. The third-order valence-corrected chi connectivity index (χ3v) is 3.50. The van der Waals surface area contributed by atoms with Crippen LogP contribution in [0.1, 0.15) is 59.8 Å². The monoisotopic (exact) mass is 222 g/mol. The number of hydrogen-bond donors (Lipinski definition) is 1. The Hall–Kier alpha value is -0.560. The first-order chi connectivity index (χ1) is 7.38. The van der Waals surface area contributed by atoms with Gasteiger partial charge >= 0.3 is 0 Å². The molecule has 0 aromatic rings. The highest BCUT2D eigenvalue weighted by Gasteiger charge is 2.15. The molecule has 0 radical (unpaired) electrons. The number of aliphatic hydroxyl groups is 1. The molecule has 0 spiro atoms. The lowest BCUT2D eigenvalue weighted by molar-refractivity contribution is 0.0721. The van der Waals surface area contributed by atoms with Crippen LogP contribution >= 0.6 is 0 Å². The van der Waals surface area contributed by atoms with Crippen LogP contribution in [-0.4, -0.2) is 10.7 Å². The second-order valence-electron chi connectivity index (χ2n) is 5.82. The first-order valence-corrected chi connectivity index (χ1v) is 6.43. The quantitative estimate of drug-likeness (QED) is 0.706. The largest absolute Gasteiger partial charge is 0.390 e. The second kappa shape index (κ2) is 5.67. The maximum Gasteiger partial charge on any atom is 0.0594 e. The van der Waals surface area contributed by atoms with Crippen LogP contribution in [0, 0.1) is 5.92 Å². The first-order valence-electron chi connectivity index (χ1n) is 6.43. The Kier molecular flexibility index (Phi) is 4.79. The molecule has 0 heterocycles. The number of allylic oxidation sites excluding steroid dienone is 4. The first kappa shape index (κ1) is 13.5. The van der Waals surface area contributed by atoms with E-state index in [0.717, 1.165) is 18.8 Å². The van der Waals surface area contributed by atoms with Crippen molar-refractivity contribution in [3.8, 4) is 0 Å². The molecule has 0 aromatic heterocycles. The molecule has 1 unspecified atom stereocenters. The van der Waals surface area contributed by atoms with Crippen molar-refractivity contribution < 1.29 is 5.11 Å². The number of hydrogen-bond acceptors (Lipinski definition) is 1. The molecule has 1 nitrogen and oxygen atoms in total. The van der Waals surface area contributed by atoms with Crippen LogP contribution in [0.3, 0.4) is 0 Å². The molecule has 1 aliphatic rings. The van der Waals surface area contributed by atoms with Crippen molar-refractivity contribution in [2.75, 3.05) is 0 Å². The van der Waals surface area contributed by atoms with Gasteiger partial charge in [0.1, 0.15) is 0 Å². The molecular formula is C15H26O. The highest BCUT2D eigenvalue weighted by Crippen LogP contribution is 2.29. The summed E-state index contributed by atoms with van der Waals surface area (Å²) in [5.41, 5.74) is 2.52. The van der Waals surface area contributed by atoms with Crippen LogP contribution in [0.15, 0.2) is 23.3 Å². The fourth-order valence-corrected chi connectivity index (χ4v) is 2.20. The maximum absolute atomic E-state index is 9.64. The highest BCUT2D eigenvalue weighted by molar-refractivity contribution is 5.12. The van der Waals surface area contributed by atoms with Crippen LogP contribution in [0.5, 0.6) is 0 Å². The molecule has 92 valence electrons. The Morgan fingerprint density at radius 2 is 2.25 bits per heavy atom. The van der Waals surface area contributed by atoms with Gasteiger partial charge in [0, 0.05) is 0 Å². The van der Waals surface area contributed by atoms with Gasteiger partial charge in [0.15, 0.2) is 0 Å². The minimum absolute atomic E-state index is 0.528. The average Bonchev–Trinajstić information content (AvgIpc) is 2.16. The summed E-state index contributed by atoms with van der Waals surface area (Å²) in [6, 6.07) is 0. The third-order valence-electron chi connectivity index (χ3n) is 3.50. The van der Waals surface area contributed by atoms with Crippen molar-refractivity contribution >= 4 is 0 Å². The predicted molar refractivity (Wildman–Crippen MR) is 70.4 cm³/mol. The fraction of sp³-hybridized carbons (Fsp3) is 0.733. The Balaban J connectivity index is 2.39. The van der Waals surface area contributed by atoms with Crippen molar-refractivity contribution in [3.63, 3.8) is 0 Å². The van der Waals surface area contributed by atoms with E-state index in [4.69, 9.17) is 0 Å². The maximum atomic E-state index is 9.64. The van der Waals surface area contributed by atoms with Gasteiger partial charge in [-0.2, -0.15) is 0 Å². The summed E-state index contributed by atoms with van der Waals surface area (Å²) < 4.78 is 0. The summed E-state index contributed by atoms with van der Waals surface area (Å²) >= 11 is 0. The summed E-state index contributed by atoms with van der Waals surface area (Å²) in [6.45, 7) is 8.22. The van der Waals surface area contributed by atoms with E-state index >= 15 is 0 Å². The molecule has 1 rings (SSSR count). The topological polar surface area (TPSA) is 20.2 Å². The minimum Gasteiger partial charge on any atom is -0.390 e. The van der Waals surface area contributed by atoms with Gasteiger partial charge in [-0.05, 0) is 65.7 Å². The van der Waals surface area contributed by atoms with Crippen LogP contribution in [0.2, 0.25) is 0 Å². The molecule has 1 atom stereocenters. The predicted octanol–water partition coefficient (Wildman–Crippen LogP) is 4.23. The van der Waals surface area contributed by atoms with Crippen molar-refractivity contribution in [2.45, 2.75) is 65.4 Å². The molecule has 0 aliphatic heterocycles. The SMILES string of the molecule is CC1=CCC(/C(C)=C/CCC(C)(C)O)CC1. The standard InChI is InChI=1S/C15H26O/c1-12-7-9-14(10-8-12)13(2)6-5-11-15(3,4)16/h6-7,14,16H,5,8-11H2,1-4H3/b13-6+. The lowest BCUT2D eigenvalue weighted by Gasteiger charge is -2.22. The van der Waals surface area contributed by atoms with E-state index < -0.39 is 5.60 Å². The van der Waals surface area contributed by atoms with Gasteiger partial charge in [0.05, 0.1) is 5.60 Å². The van der Waals surface area contributed by atoms with Gasteiger partial charge in [-0.1, -0.05) is 23.3 Å². The molecule has 0 bridgehead atoms. The molecule has 0 fully saturated rings. The summed E-state index contributed by atoms with van der Waals surface area (Å²) in [7, 11) is 0.